The molecule has 0 unspecified atom stereocenters. The van der Waals surface area contributed by atoms with Gasteiger partial charge in [-0.2, -0.15) is 0 Å². The third kappa shape index (κ3) is 3.42. The number of hydrogen-bond acceptors (Lipinski definition) is 5. The summed E-state index contributed by atoms with van der Waals surface area (Å²) < 4.78 is 0.765. The van der Waals surface area contributed by atoms with E-state index in [-0.39, 0.29) is 11.8 Å². The van der Waals surface area contributed by atoms with E-state index in [4.69, 9.17) is 11.6 Å². The number of nitrogens with one attached hydrogen (secondary N) is 2. The van der Waals surface area contributed by atoms with Gasteiger partial charge in [-0.1, -0.05) is 11.6 Å². The fourth-order valence-electron chi connectivity index (χ4n) is 3.41. The molecule has 7 nitrogen and oxygen atoms in total. The molecule has 4 heterocycles. The molecule has 0 aliphatic carbocycles. The fourth-order valence-corrected chi connectivity index (χ4v) is 4.54. The lowest BCUT2D eigenvalue weighted by Crippen LogP contribution is -2.69. The zero-order chi connectivity index (χ0) is 17.4. The van der Waals surface area contributed by atoms with Crippen molar-refractivity contribution in [1.82, 2.24) is 25.1 Å². The Morgan fingerprint density at radius 1 is 1.32 bits per heavy atom. The van der Waals surface area contributed by atoms with Crippen molar-refractivity contribution in [3.8, 4) is 0 Å². The zero-order valence-electron chi connectivity index (χ0n) is 13.4. The van der Waals surface area contributed by atoms with Crippen molar-refractivity contribution in [1.29, 1.82) is 0 Å². The number of fused-ring (bicyclic) bond motifs is 1. The van der Waals surface area contributed by atoms with Crippen LogP contribution in [0.4, 0.5) is 0 Å². The average molecular weight is 380 g/mol. The molecule has 2 aliphatic heterocycles. The standard InChI is InChI=1S/C16H18ClN5O2S/c17-14-2-1-11(25-14)7-21-3-4-22-13(8-21)15(23)20-12(16(22)24)5-10-6-18-9-19-10/h1-2,6,9,12-13H,3-5,7-8H2,(H,18,19)(H,20,23)/t12-,13+/m0/s1. The van der Waals surface area contributed by atoms with Crippen LogP contribution in [0.3, 0.4) is 0 Å². The Hall–Kier alpha value is -1.90. The van der Waals surface area contributed by atoms with Crippen molar-refractivity contribution in [2.45, 2.75) is 25.0 Å². The van der Waals surface area contributed by atoms with Gasteiger partial charge in [0, 0.05) is 49.4 Å². The second kappa shape index (κ2) is 6.78. The van der Waals surface area contributed by atoms with Gasteiger partial charge in [0.05, 0.1) is 10.7 Å². The summed E-state index contributed by atoms with van der Waals surface area (Å²) in [4.78, 5) is 37.3. The first-order valence-corrected chi connectivity index (χ1v) is 9.34. The molecule has 2 aliphatic rings. The molecule has 0 spiro atoms. The normalized spacial score (nSPS) is 24.3. The van der Waals surface area contributed by atoms with E-state index in [9.17, 15) is 9.59 Å². The number of thiophene rings is 1. The number of amides is 2. The van der Waals surface area contributed by atoms with Gasteiger partial charge in [-0.15, -0.1) is 11.3 Å². The Morgan fingerprint density at radius 2 is 2.20 bits per heavy atom. The first-order valence-electron chi connectivity index (χ1n) is 8.15. The van der Waals surface area contributed by atoms with Crippen molar-refractivity contribution in [3.63, 3.8) is 0 Å². The lowest BCUT2D eigenvalue weighted by Gasteiger charge is -2.45. The number of halogens is 1. The summed E-state index contributed by atoms with van der Waals surface area (Å²) in [6.45, 7) is 2.61. The van der Waals surface area contributed by atoms with Crippen LogP contribution in [0.5, 0.6) is 0 Å². The van der Waals surface area contributed by atoms with E-state index in [2.05, 4.69) is 20.2 Å². The zero-order valence-corrected chi connectivity index (χ0v) is 15.0. The van der Waals surface area contributed by atoms with Gasteiger partial charge in [-0.05, 0) is 12.1 Å². The minimum absolute atomic E-state index is 0.0157. The van der Waals surface area contributed by atoms with E-state index >= 15 is 0 Å². The van der Waals surface area contributed by atoms with E-state index in [1.54, 1.807) is 28.8 Å². The molecule has 2 amide bonds. The molecular weight excluding hydrogens is 362 g/mol. The number of aromatic nitrogens is 2. The van der Waals surface area contributed by atoms with Gasteiger partial charge in [0.25, 0.3) is 0 Å². The number of imidazole rings is 1. The van der Waals surface area contributed by atoms with Gasteiger partial charge < -0.3 is 15.2 Å². The first-order chi connectivity index (χ1) is 12.1. The highest BCUT2D eigenvalue weighted by molar-refractivity contribution is 7.16. The Balaban J connectivity index is 1.42. The number of nitrogens with zero attached hydrogens (tertiary/aromatic N) is 3. The number of carbonyl (C=O) groups excluding carboxylic acids is 2. The molecule has 25 heavy (non-hydrogen) atoms. The highest BCUT2D eigenvalue weighted by Gasteiger charge is 2.43. The number of piperazine rings is 2. The van der Waals surface area contributed by atoms with Crippen LogP contribution in [0, 0.1) is 0 Å². The Labute approximate surface area is 154 Å². The summed E-state index contributed by atoms with van der Waals surface area (Å²) in [5.74, 6) is -0.101. The fraction of sp³-hybridized carbons (Fsp3) is 0.438. The minimum atomic E-state index is -0.521. The van der Waals surface area contributed by atoms with Gasteiger partial charge in [0.15, 0.2) is 0 Å². The topological polar surface area (TPSA) is 81.3 Å². The number of H-pyrrole nitrogens is 1. The van der Waals surface area contributed by atoms with E-state index in [1.807, 2.05) is 12.1 Å². The van der Waals surface area contributed by atoms with Crippen LogP contribution in [0.2, 0.25) is 4.34 Å². The van der Waals surface area contributed by atoms with Crippen molar-refractivity contribution >= 4 is 34.8 Å². The van der Waals surface area contributed by atoms with Crippen molar-refractivity contribution < 1.29 is 9.59 Å². The van der Waals surface area contributed by atoms with Crippen LogP contribution in [0.1, 0.15) is 10.6 Å². The molecule has 2 N–H and O–H groups in total. The number of aromatic amines is 1. The quantitative estimate of drug-likeness (QED) is 0.826. The Morgan fingerprint density at radius 3 is 2.92 bits per heavy atom. The maximum Gasteiger partial charge on any atom is 0.246 e. The predicted octanol–water partition coefficient (Wildman–Crippen LogP) is 0.879. The molecule has 2 aromatic rings. The molecule has 0 aromatic carbocycles. The highest BCUT2D eigenvalue weighted by atomic mass is 35.5. The second-order valence-electron chi connectivity index (χ2n) is 6.33. The molecular formula is C16H18ClN5O2S. The largest absolute Gasteiger partial charge is 0.348 e. The van der Waals surface area contributed by atoms with E-state index in [0.29, 0.717) is 19.5 Å². The van der Waals surface area contributed by atoms with Crippen LogP contribution < -0.4 is 5.32 Å². The molecule has 0 radical (unpaired) electrons. The Bertz CT molecular complexity index is 777. The highest BCUT2D eigenvalue weighted by Crippen LogP contribution is 2.25. The van der Waals surface area contributed by atoms with Crippen LogP contribution in [0.15, 0.2) is 24.7 Å². The van der Waals surface area contributed by atoms with Gasteiger partial charge in [0.1, 0.15) is 12.1 Å². The van der Waals surface area contributed by atoms with Crippen molar-refractivity contribution in [2.75, 3.05) is 19.6 Å². The van der Waals surface area contributed by atoms with Crippen molar-refractivity contribution in [3.05, 3.63) is 39.6 Å². The predicted molar refractivity (Wildman–Crippen MR) is 94.3 cm³/mol. The van der Waals surface area contributed by atoms with E-state index < -0.39 is 12.1 Å². The summed E-state index contributed by atoms with van der Waals surface area (Å²) in [5.41, 5.74) is 0.838. The van der Waals surface area contributed by atoms with Crippen LogP contribution in [-0.2, 0) is 22.6 Å². The molecule has 9 heteroatoms. The van der Waals surface area contributed by atoms with Gasteiger partial charge in [0.2, 0.25) is 11.8 Å². The number of carbonyl (C=O) groups is 2. The average Bonchev–Trinajstić information content (AvgIpc) is 3.24. The van der Waals surface area contributed by atoms with Crippen molar-refractivity contribution in [2.24, 2.45) is 0 Å². The summed E-state index contributed by atoms with van der Waals surface area (Å²) in [7, 11) is 0. The second-order valence-corrected chi connectivity index (χ2v) is 8.13. The molecule has 0 saturated carbocycles. The maximum atomic E-state index is 12.7. The molecule has 0 bridgehead atoms. The molecule has 2 aromatic heterocycles. The third-order valence-corrected chi connectivity index (χ3v) is 5.87. The smallest absolute Gasteiger partial charge is 0.246 e. The summed E-state index contributed by atoms with van der Waals surface area (Å²) in [6.07, 6.45) is 3.68. The van der Waals surface area contributed by atoms with Gasteiger partial charge in [-0.25, -0.2) is 4.98 Å². The minimum Gasteiger partial charge on any atom is -0.348 e. The monoisotopic (exact) mass is 379 g/mol. The van der Waals surface area contributed by atoms with Crippen LogP contribution in [0.25, 0.3) is 0 Å². The van der Waals surface area contributed by atoms with Gasteiger partial charge >= 0.3 is 0 Å². The van der Waals surface area contributed by atoms with E-state index in [1.165, 1.54) is 0 Å². The van der Waals surface area contributed by atoms with Crippen LogP contribution in [-0.4, -0.2) is 63.3 Å². The summed E-state index contributed by atoms with van der Waals surface area (Å²) in [6, 6.07) is 2.95. The molecule has 2 fully saturated rings. The summed E-state index contributed by atoms with van der Waals surface area (Å²) in [5, 5.41) is 2.87. The van der Waals surface area contributed by atoms with E-state index in [0.717, 1.165) is 28.0 Å². The third-order valence-electron chi connectivity index (χ3n) is 4.65. The maximum absolute atomic E-state index is 12.7. The number of rotatable bonds is 4. The molecule has 2 atom stereocenters. The lowest BCUT2D eigenvalue weighted by molar-refractivity contribution is -0.153. The van der Waals surface area contributed by atoms with Gasteiger partial charge in [-0.3, -0.25) is 14.5 Å². The lowest BCUT2D eigenvalue weighted by atomic mass is 10.0. The van der Waals surface area contributed by atoms with Crippen LogP contribution >= 0.6 is 22.9 Å². The molecule has 4 rings (SSSR count). The molecule has 2 saturated heterocycles. The first kappa shape index (κ1) is 16.6. The molecule has 132 valence electrons. The summed E-state index contributed by atoms with van der Waals surface area (Å²) >= 11 is 7.53. The Kier molecular flexibility index (Phi) is 4.49. The number of hydrogen-bond donors (Lipinski definition) is 2. The SMILES string of the molecule is O=C1N[C@@H](Cc2cnc[nH]2)C(=O)N2CCN(Cc3ccc(Cl)s3)C[C@H]12.